The molecule has 0 radical (unpaired) electrons. The molecule has 0 aromatic heterocycles. The van der Waals surface area contributed by atoms with Gasteiger partial charge in [0.05, 0.1) is 11.6 Å². The van der Waals surface area contributed by atoms with Crippen molar-refractivity contribution in [3.8, 4) is 29.0 Å². The molecule has 0 unspecified atom stereocenters. The summed E-state index contributed by atoms with van der Waals surface area (Å²) >= 11 is 0. The fraction of sp³-hybridized carbons (Fsp3) is 0.0741. The smallest absolute Gasteiger partial charge is 0.138 e. The van der Waals surface area contributed by atoms with E-state index in [0.29, 0.717) is 16.5 Å². The van der Waals surface area contributed by atoms with Crippen LogP contribution in [0, 0.1) is 29.0 Å². The summed E-state index contributed by atoms with van der Waals surface area (Å²) in [6.07, 6.45) is 1.01. The van der Waals surface area contributed by atoms with Crippen LogP contribution in [0.3, 0.4) is 0 Å². The Kier molecular flexibility index (Phi) is 5.10. The quantitative estimate of drug-likeness (QED) is 0.368. The van der Waals surface area contributed by atoms with Gasteiger partial charge in [-0.25, -0.2) is 4.39 Å². The minimum absolute atomic E-state index is 0.262. The van der Waals surface area contributed by atoms with E-state index in [4.69, 9.17) is 5.26 Å². The highest BCUT2D eigenvalue weighted by atomic mass is 19.1. The molecule has 0 saturated carbocycles. The van der Waals surface area contributed by atoms with E-state index in [0.717, 1.165) is 28.5 Å². The molecule has 1 nitrogen and oxygen atoms in total. The van der Waals surface area contributed by atoms with Crippen LogP contribution < -0.4 is 0 Å². The Balaban J connectivity index is 1.67. The highest BCUT2D eigenvalue weighted by Crippen LogP contribution is 2.29. The fourth-order valence-corrected chi connectivity index (χ4v) is 3.29. The first-order valence-corrected chi connectivity index (χ1v) is 9.51. The predicted molar refractivity (Wildman–Crippen MR) is 116 cm³/mol. The zero-order valence-electron chi connectivity index (χ0n) is 16.0. The molecule has 2 heteroatoms. The minimum Gasteiger partial charge on any atom is -0.206 e. The highest BCUT2D eigenvalue weighted by molar-refractivity contribution is 5.89. The van der Waals surface area contributed by atoms with Crippen molar-refractivity contribution in [3.63, 3.8) is 0 Å². The lowest BCUT2D eigenvalue weighted by atomic mass is 9.98. The van der Waals surface area contributed by atoms with Gasteiger partial charge in [-0.05, 0) is 59.3 Å². The van der Waals surface area contributed by atoms with Crippen LogP contribution in [-0.4, -0.2) is 0 Å². The first-order chi connectivity index (χ1) is 14.2. The van der Waals surface area contributed by atoms with Crippen molar-refractivity contribution >= 4 is 10.8 Å². The maximum Gasteiger partial charge on any atom is 0.138 e. The van der Waals surface area contributed by atoms with Gasteiger partial charge >= 0.3 is 0 Å². The second-order valence-electron chi connectivity index (χ2n) is 6.85. The lowest BCUT2D eigenvalue weighted by Gasteiger charge is -2.07. The predicted octanol–water partition coefficient (Wildman–Crippen LogP) is 6.48. The molecule has 0 aliphatic heterocycles. The third kappa shape index (κ3) is 3.88. The van der Waals surface area contributed by atoms with Gasteiger partial charge < -0.3 is 0 Å². The van der Waals surface area contributed by atoms with Gasteiger partial charge in [-0.2, -0.15) is 5.26 Å². The summed E-state index contributed by atoms with van der Waals surface area (Å²) in [7, 11) is 0. The molecule has 0 saturated heterocycles. The Morgan fingerprint density at radius 2 is 1.41 bits per heavy atom. The Morgan fingerprint density at radius 3 is 2.10 bits per heavy atom. The van der Waals surface area contributed by atoms with E-state index in [2.05, 4.69) is 37.0 Å². The minimum atomic E-state index is -0.262. The largest absolute Gasteiger partial charge is 0.206 e. The van der Waals surface area contributed by atoms with Gasteiger partial charge in [-0.3, -0.25) is 0 Å². The van der Waals surface area contributed by atoms with Gasteiger partial charge in [0.25, 0.3) is 0 Å². The molecule has 0 N–H and O–H groups in total. The van der Waals surface area contributed by atoms with Crippen molar-refractivity contribution in [2.24, 2.45) is 0 Å². The van der Waals surface area contributed by atoms with Crippen LogP contribution >= 0.6 is 0 Å². The first-order valence-electron chi connectivity index (χ1n) is 9.51. The van der Waals surface area contributed by atoms with Gasteiger partial charge in [0, 0.05) is 22.1 Å². The number of rotatable bonds is 2. The van der Waals surface area contributed by atoms with E-state index in [1.807, 2.05) is 30.3 Å². The van der Waals surface area contributed by atoms with Crippen molar-refractivity contribution < 1.29 is 4.39 Å². The number of nitrogens with zero attached hydrogens (tertiary/aromatic N) is 1. The van der Waals surface area contributed by atoms with Gasteiger partial charge in [0.1, 0.15) is 5.82 Å². The number of halogens is 1. The summed E-state index contributed by atoms with van der Waals surface area (Å²) < 4.78 is 15.1. The maximum atomic E-state index is 15.1. The van der Waals surface area contributed by atoms with Crippen molar-refractivity contribution in [2.75, 3.05) is 0 Å². The lowest BCUT2D eigenvalue weighted by molar-refractivity contribution is 0.643. The molecule has 0 aliphatic rings. The molecule has 0 amide bonds. The summed E-state index contributed by atoms with van der Waals surface area (Å²) in [6.45, 7) is 2.13. The number of aryl methyl sites for hydroxylation is 1. The van der Waals surface area contributed by atoms with E-state index < -0.39 is 0 Å². The van der Waals surface area contributed by atoms with Gasteiger partial charge in [0.15, 0.2) is 0 Å². The zero-order valence-corrected chi connectivity index (χ0v) is 16.0. The summed E-state index contributed by atoms with van der Waals surface area (Å²) in [4.78, 5) is 0. The third-order valence-electron chi connectivity index (χ3n) is 4.99. The molecule has 0 fully saturated rings. The fourth-order valence-electron chi connectivity index (χ4n) is 3.29. The van der Waals surface area contributed by atoms with Gasteiger partial charge in [0.2, 0.25) is 0 Å². The molecule has 29 heavy (non-hydrogen) atoms. The summed E-state index contributed by atoms with van der Waals surface area (Å²) in [5.41, 5.74) is 4.93. The molecule has 4 aromatic rings. The van der Waals surface area contributed by atoms with Crippen LogP contribution in [0.4, 0.5) is 4.39 Å². The Morgan fingerprint density at radius 1 is 0.759 bits per heavy atom. The van der Waals surface area contributed by atoms with Gasteiger partial charge in [-0.15, -0.1) is 0 Å². The first kappa shape index (κ1) is 18.5. The van der Waals surface area contributed by atoms with Crippen LogP contribution in [-0.2, 0) is 6.42 Å². The molecule has 0 bridgehead atoms. The molecule has 4 aromatic carbocycles. The van der Waals surface area contributed by atoms with Crippen LogP contribution in [0.2, 0.25) is 0 Å². The number of hydrogen-bond acceptors (Lipinski definition) is 1. The van der Waals surface area contributed by atoms with Crippen molar-refractivity contribution in [1.82, 2.24) is 0 Å². The van der Waals surface area contributed by atoms with Gasteiger partial charge in [-0.1, -0.05) is 61.2 Å². The maximum absolute atomic E-state index is 15.1. The number of benzene rings is 4. The third-order valence-corrected chi connectivity index (χ3v) is 4.99. The Hall–Kier alpha value is -3.88. The second-order valence-corrected chi connectivity index (χ2v) is 6.85. The Bertz CT molecular complexity index is 1280. The van der Waals surface area contributed by atoms with Crippen LogP contribution in [0.15, 0.2) is 78.9 Å². The standard InChI is InChI=1S/C27H18FN/c1-2-19-3-5-20(6-4-19)7-8-21-11-15-26-24(17-21)14-16-25(27(26)28)23-12-9-22(18-29)10-13-23/h3-6,9-17H,2H2,1H3. The summed E-state index contributed by atoms with van der Waals surface area (Å²) in [5, 5.41) is 10.3. The lowest BCUT2D eigenvalue weighted by Crippen LogP contribution is -1.88. The molecular formula is C27H18FN. The second kappa shape index (κ2) is 8.01. The molecule has 0 aliphatic carbocycles. The average Bonchev–Trinajstić information content (AvgIpc) is 2.78. The SMILES string of the molecule is CCc1ccc(C#Cc2ccc3c(F)c(-c4ccc(C#N)cc4)ccc3c2)cc1. The van der Waals surface area contributed by atoms with Crippen LogP contribution in [0.25, 0.3) is 21.9 Å². The molecule has 138 valence electrons. The van der Waals surface area contributed by atoms with Crippen LogP contribution in [0.1, 0.15) is 29.2 Å². The monoisotopic (exact) mass is 375 g/mol. The topological polar surface area (TPSA) is 23.8 Å². The summed E-state index contributed by atoms with van der Waals surface area (Å²) in [6, 6.07) is 26.5. The number of hydrogen-bond donors (Lipinski definition) is 0. The molecule has 0 atom stereocenters. The molecule has 4 rings (SSSR count). The van der Waals surface area contributed by atoms with E-state index in [1.54, 1.807) is 36.4 Å². The van der Waals surface area contributed by atoms with E-state index in [-0.39, 0.29) is 5.82 Å². The average molecular weight is 375 g/mol. The van der Waals surface area contributed by atoms with Crippen molar-refractivity contribution in [2.45, 2.75) is 13.3 Å². The number of nitriles is 1. The van der Waals surface area contributed by atoms with E-state index in [9.17, 15) is 0 Å². The normalized spacial score (nSPS) is 10.2. The van der Waals surface area contributed by atoms with Crippen molar-refractivity contribution in [1.29, 1.82) is 5.26 Å². The zero-order chi connectivity index (χ0) is 20.2. The molecule has 0 spiro atoms. The highest BCUT2D eigenvalue weighted by Gasteiger charge is 2.09. The summed E-state index contributed by atoms with van der Waals surface area (Å²) in [5.74, 6) is 6.07. The Labute approximate surface area is 170 Å². The molecule has 0 heterocycles. The van der Waals surface area contributed by atoms with Crippen molar-refractivity contribution in [3.05, 3.63) is 107 Å². The van der Waals surface area contributed by atoms with E-state index >= 15 is 4.39 Å². The van der Waals surface area contributed by atoms with Crippen LogP contribution in [0.5, 0.6) is 0 Å². The molecular weight excluding hydrogens is 357 g/mol. The number of fused-ring (bicyclic) bond motifs is 1. The van der Waals surface area contributed by atoms with E-state index in [1.165, 1.54) is 5.56 Å².